The van der Waals surface area contributed by atoms with E-state index in [2.05, 4.69) is 38.3 Å². The summed E-state index contributed by atoms with van der Waals surface area (Å²) in [5.41, 5.74) is 5.67. The Hall–Kier alpha value is -5.75. The molecule has 5 heterocycles. The van der Waals surface area contributed by atoms with Crippen LogP contribution in [0.2, 0.25) is 0 Å². The molecule has 1 fully saturated rings. The van der Waals surface area contributed by atoms with E-state index in [-0.39, 0.29) is 17.4 Å². The average Bonchev–Trinajstić information content (AvgIpc) is 3.69. The number of nitrogens with zero attached hydrogens (tertiary/aromatic N) is 6. The zero-order valence-corrected chi connectivity index (χ0v) is 27.4. The normalized spacial score (nSPS) is 13.5. The van der Waals surface area contributed by atoms with Gasteiger partial charge in [-0.2, -0.15) is 9.84 Å². The summed E-state index contributed by atoms with van der Waals surface area (Å²) in [6.45, 7) is 6.28. The van der Waals surface area contributed by atoms with Gasteiger partial charge in [0.05, 0.1) is 11.1 Å². The van der Waals surface area contributed by atoms with Gasteiger partial charge in [0.1, 0.15) is 5.76 Å². The summed E-state index contributed by atoms with van der Waals surface area (Å²) < 4.78 is 10.5. The summed E-state index contributed by atoms with van der Waals surface area (Å²) in [4.78, 5) is 46.6. The minimum atomic E-state index is -0.371. The van der Waals surface area contributed by atoms with Gasteiger partial charge < -0.3 is 24.6 Å². The summed E-state index contributed by atoms with van der Waals surface area (Å²) >= 11 is 0. The van der Waals surface area contributed by atoms with Gasteiger partial charge in [-0.25, -0.2) is 4.98 Å². The van der Waals surface area contributed by atoms with E-state index in [1.165, 1.54) is 4.74 Å². The maximum absolute atomic E-state index is 14.0. The first-order valence-corrected chi connectivity index (χ1v) is 15.7. The number of aromatic nitrogens is 5. The fourth-order valence-electron chi connectivity index (χ4n) is 6.55. The van der Waals surface area contributed by atoms with E-state index in [9.17, 15) is 14.4 Å². The number of carbonyl (C=O) groups is 2. The van der Waals surface area contributed by atoms with Gasteiger partial charge in [-0.05, 0) is 62.4 Å². The molecule has 1 aliphatic heterocycles. The van der Waals surface area contributed by atoms with Crippen LogP contribution in [0.15, 0.2) is 82.2 Å². The second-order valence-corrected chi connectivity index (χ2v) is 12.5. The quantitative estimate of drug-likeness (QED) is 0.236. The van der Waals surface area contributed by atoms with E-state index in [0.717, 1.165) is 40.8 Å². The lowest BCUT2D eigenvalue weighted by Gasteiger charge is -2.37. The van der Waals surface area contributed by atoms with Crippen molar-refractivity contribution in [3.63, 3.8) is 0 Å². The summed E-state index contributed by atoms with van der Waals surface area (Å²) in [5, 5.41) is 10.9. The highest BCUT2D eigenvalue weighted by atomic mass is 16.5. The van der Waals surface area contributed by atoms with Gasteiger partial charge >= 0.3 is 0 Å². The molecule has 12 heteroatoms. The Morgan fingerprint density at radius 1 is 0.917 bits per heavy atom. The van der Waals surface area contributed by atoms with E-state index < -0.39 is 0 Å². The Kier molecular flexibility index (Phi) is 7.80. The first-order valence-electron chi connectivity index (χ1n) is 15.7. The average molecular weight is 645 g/mol. The van der Waals surface area contributed by atoms with Crippen molar-refractivity contribution in [2.75, 3.05) is 30.8 Å². The zero-order chi connectivity index (χ0) is 33.7. The van der Waals surface area contributed by atoms with Crippen LogP contribution < -0.4 is 16.2 Å². The highest BCUT2D eigenvalue weighted by Crippen LogP contribution is 2.34. The molecule has 0 saturated carbocycles. The van der Waals surface area contributed by atoms with Crippen molar-refractivity contribution in [2.45, 2.75) is 20.4 Å². The molecular formula is C36H36N8O4. The maximum Gasteiger partial charge on any atom is 0.290 e. The Morgan fingerprint density at radius 3 is 2.33 bits per heavy atom. The Balaban J connectivity index is 1.24. The number of benzene rings is 2. The first-order chi connectivity index (χ1) is 23.0. The minimum absolute atomic E-state index is 0.181. The van der Waals surface area contributed by atoms with Gasteiger partial charge in [-0.3, -0.25) is 19.1 Å². The summed E-state index contributed by atoms with van der Waals surface area (Å²) in [7, 11) is 5.47. The van der Waals surface area contributed by atoms with E-state index in [1.54, 1.807) is 62.2 Å². The lowest BCUT2D eigenvalue weighted by molar-refractivity contribution is 0.101. The van der Waals surface area contributed by atoms with Crippen molar-refractivity contribution in [1.29, 1.82) is 0 Å². The van der Waals surface area contributed by atoms with E-state index in [4.69, 9.17) is 9.51 Å². The zero-order valence-electron chi connectivity index (χ0n) is 27.4. The Labute approximate surface area is 276 Å². The largest absolute Gasteiger partial charge is 0.381 e. The molecule has 2 amide bonds. The Bertz CT molecular complexity index is 2250. The molecule has 1 saturated heterocycles. The minimum Gasteiger partial charge on any atom is -0.381 e. The van der Waals surface area contributed by atoms with Crippen molar-refractivity contribution in [3.8, 4) is 22.4 Å². The number of amides is 2. The van der Waals surface area contributed by atoms with Crippen LogP contribution in [0.1, 0.15) is 32.3 Å². The van der Waals surface area contributed by atoms with Gasteiger partial charge in [0.15, 0.2) is 11.5 Å². The molecule has 48 heavy (non-hydrogen) atoms. The standard InChI is InChI=1S/C36H36N8O4/c1-21-15-27-17-29(24-9-11-25(12-10-24)31-22(2)48-43(5)36(31)47)44(20-23-18-41(3)19-23)33(27)32(37-21)35(46)38-28-8-6-7-26(16-28)34(45)39-30-13-14-42(4)40-30/h6-17,23H,18-20H2,1-5H3,(H,38,46)(H,39,40,45). The van der Waals surface area contributed by atoms with Gasteiger partial charge in [0.25, 0.3) is 17.4 Å². The number of fused-ring (bicyclic) bond motifs is 1. The molecule has 0 aliphatic carbocycles. The topological polar surface area (TPSA) is 132 Å². The van der Waals surface area contributed by atoms with Crippen molar-refractivity contribution in [2.24, 2.45) is 20.0 Å². The van der Waals surface area contributed by atoms with Gasteiger partial charge in [-0.15, -0.1) is 0 Å². The third kappa shape index (κ3) is 5.82. The molecule has 0 radical (unpaired) electrons. The summed E-state index contributed by atoms with van der Waals surface area (Å²) in [6.07, 6.45) is 1.74. The first kappa shape index (κ1) is 30.9. The van der Waals surface area contributed by atoms with Crippen LogP contribution in [0.25, 0.3) is 33.3 Å². The molecule has 7 rings (SSSR count). The molecule has 2 N–H and O–H groups in total. The van der Waals surface area contributed by atoms with E-state index in [1.807, 2.05) is 37.3 Å². The molecule has 0 bridgehead atoms. The van der Waals surface area contributed by atoms with Gasteiger partial charge in [-0.1, -0.05) is 30.3 Å². The van der Waals surface area contributed by atoms with Crippen molar-refractivity contribution in [3.05, 3.63) is 106 Å². The second kappa shape index (κ2) is 12.1. The number of hydrogen-bond acceptors (Lipinski definition) is 7. The number of hydrogen-bond donors (Lipinski definition) is 2. The smallest absolute Gasteiger partial charge is 0.290 e. The van der Waals surface area contributed by atoms with Crippen LogP contribution in [0.5, 0.6) is 0 Å². The molecule has 0 atom stereocenters. The third-order valence-corrected chi connectivity index (χ3v) is 8.73. The van der Waals surface area contributed by atoms with Crippen LogP contribution in [0, 0.1) is 19.8 Å². The summed E-state index contributed by atoms with van der Waals surface area (Å²) in [5.74, 6) is 0.707. The molecule has 12 nitrogen and oxygen atoms in total. The summed E-state index contributed by atoms with van der Waals surface area (Å²) in [6, 6.07) is 20.5. The number of likely N-dealkylation sites (tertiary alicyclic amines) is 1. The van der Waals surface area contributed by atoms with Crippen LogP contribution in [-0.2, 0) is 20.6 Å². The van der Waals surface area contributed by atoms with Crippen LogP contribution in [0.3, 0.4) is 0 Å². The number of nitrogens with one attached hydrogen (secondary N) is 2. The maximum atomic E-state index is 14.0. The predicted molar refractivity (Wildman–Crippen MR) is 184 cm³/mol. The molecule has 0 unspecified atom stereocenters. The van der Waals surface area contributed by atoms with Crippen LogP contribution in [-0.4, -0.2) is 60.9 Å². The SMILES string of the molecule is Cc1cc2cc(-c3ccc(-c4c(C)on(C)c4=O)cc3)n(CC3CN(C)C3)c2c(C(=O)Nc2cccc(C(=O)Nc3ccn(C)n3)c2)n1. The monoisotopic (exact) mass is 644 g/mol. The molecule has 2 aromatic carbocycles. The molecule has 4 aromatic heterocycles. The van der Waals surface area contributed by atoms with Gasteiger partial charge in [0, 0.05) is 79.9 Å². The highest BCUT2D eigenvalue weighted by molar-refractivity contribution is 6.12. The number of anilines is 2. The van der Waals surface area contributed by atoms with Crippen molar-refractivity contribution >= 4 is 34.2 Å². The fourth-order valence-corrected chi connectivity index (χ4v) is 6.55. The van der Waals surface area contributed by atoms with E-state index >= 15 is 0 Å². The van der Waals surface area contributed by atoms with Gasteiger partial charge in [0.2, 0.25) is 0 Å². The molecule has 244 valence electrons. The number of rotatable bonds is 8. The fraction of sp³-hybridized carbons (Fsp3) is 0.250. The predicted octanol–water partition coefficient (Wildman–Crippen LogP) is 5.08. The van der Waals surface area contributed by atoms with Crippen LogP contribution in [0.4, 0.5) is 11.5 Å². The third-order valence-electron chi connectivity index (χ3n) is 8.73. The number of aryl methyl sites for hydroxylation is 4. The molecule has 1 aliphatic rings. The molecule has 6 aromatic rings. The van der Waals surface area contributed by atoms with E-state index in [0.29, 0.717) is 52.2 Å². The Morgan fingerprint density at radius 2 is 1.67 bits per heavy atom. The lowest BCUT2D eigenvalue weighted by Crippen LogP contribution is -2.45. The van der Waals surface area contributed by atoms with Crippen LogP contribution >= 0.6 is 0 Å². The lowest BCUT2D eigenvalue weighted by atomic mass is 10.0. The highest BCUT2D eigenvalue weighted by Gasteiger charge is 2.28. The molecule has 0 spiro atoms. The van der Waals surface area contributed by atoms with Crippen molar-refractivity contribution in [1.82, 2.24) is 29.0 Å². The van der Waals surface area contributed by atoms with Crippen molar-refractivity contribution < 1.29 is 14.1 Å². The number of pyridine rings is 1. The molecular weight excluding hydrogens is 608 g/mol. The number of carbonyl (C=O) groups excluding carboxylic acids is 2. The second-order valence-electron chi connectivity index (χ2n) is 12.5.